The average Bonchev–Trinajstić information content (AvgIpc) is 2.40. The Bertz CT molecular complexity index is 203. The minimum Gasteiger partial charge on any atom is -0.229 e. The van der Waals surface area contributed by atoms with Gasteiger partial charge in [-0.3, -0.25) is 0 Å². The van der Waals surface area contributed by atoms with Crippen molar-refractivity contribution in [3.63, 3.8) is 0 Å². The molecule has 0 bridgehead atoms. The minimum absolute atomic E-state index is 0.256. The molecule has 1 aliphatic carbocycles. The number of hydrogen-bond acceptors (Lipinski definition) is 2. The number of halogens is 1. The molecule has 9 heavy (non-hydrogen) atoms. The van der Waals surface area contributed by atoms with Gasteiger partial charge in [0.05, 0.1) is 4.75 Å². The lowest BCUT2D eigenvalue weighted by atomic mass is 10.5. The SMILES string of the molecule is CS(=O)(=O)C1(CCl)CC1. The van der Waals surface area contributed by atoms with Crippen LogP contribution in [0.15, 0.2) is 0 Å². The van der Waals surface area contributed by atoms with Gasteiger partial charge in [0.1, 0.15) is 0 Å². The Morgan fingerprint density at radius 3 is 2.00 bits per heavy atom. The van der Waals surface area contributed by atoms with Crippen LogP contribution in [0, 0.1) is 0 Å². The zero-order valence-electron chi connectivity index (χ0n) is 5.22. The van der Waals surface area contributed by atoms with Crippen molar-refractivity contribution >= 4 is 21.4 Å². The van der Waals surface area contributed by atoms with Crippen molar-refractivity contribution in [3.05, 3.63) is 0 Å². The van der Waals surface area contributed by atoms with Gasteiger partial charge in [-0.05, 0) is 12.8 Å². The lowest BCUT2D eigenvalue weighted by Crippen LogP contribution is -2.23. The Labute approximate surface area is 60.1 Å². The van der Waals surface area contributed by atoms with Gasteiger partial charge in [0.2, 0.25) is 0 Å². The molecule has 0 atom stereocenters. The molecule has 0 heterocycles. The van der Waals surface area contributed by atoms with E-state index in [1.165, 1.54) is 6.26 Å². The van der Waals surface area contributed by atoms with E-state index in [4.69, 9.17) is 11.6 Å². The fraction of sp³-hybridized carbons (Fsp3) is 1.00. The predicted molar refractivity (Wildman–Crippen MR) is 37.5 cm³/mol. The summed E-state index contributed by atoms with van der Waals surface area (Å²) in [5, 5.41) is 0. The highest BCUT2D eigenvalue weighted by molar-refractivity contribution is 7.92. The molecule has 0 aliphatic heterocycles. The largest absolute Gasteiger partial charge is 0.229 e. The van der Waals surface area contributed by atoms with Gasteiger partial charge >= 0.3 is 0 Å². The van der Waals surface area contributed by atoms with Crippen LogP contribution in [-0.4, -0.2) is 25.3 Å². The van der Waals surface area contributed by atoms with E-state index in [1.54, 1.807) is 0 Å². The second kappa shape index (κ2) is 1.86. The van der Waals surface area contributed by atoms with Gasteiger partial charge < -0.3 is 0 Å². The molecule has 54 valence electrons. The molecule has 2 nitrogen and oxygen atoms in total. The molecule has 1 saturated carbocycles. The van der Waals surface area contributed by atoms with E-state index in [0.29, 0.717) is 0 Å². The summed E-state index contributed by atoms with van der Waals surface area (Å²) in [5.74, 6) is 0.256. The third-order valence-corrected chi connectivity index (χ3v) is 4.63. The second-order valence-electron chi connectivity index (χ2n) is 2.59. The lowest BCUT2D eigenvalue weighted by Gasteiger charge is -2.05. The molecule has 0 saturated heterocycles. The summed E-state index contributed by atoms with van der Waals surface area (Å²) in [4.78, 5) is 0. The van der Waals surface area contributed by atoms with E-state index in [2.05, 4.69) is 0 Å². The Balaban J connectivity index is 2.85. The first-order chi connectivity index (χ1) is 4.02. The minimum atomic E-state index is -2.87. The maximum absolute atomic E-state index is 10.9. The van der Waals surface area contributed by atoms with Gasteiger partial charge in [0, 0.05) is 12.1 Å². The van der Waals surface area contributed by atoms with E-state index in [0.717, 1.165) is 12.8 Å². The summed E-state index contributed by atoms with van der Waals surface area (Å²) in [7, 11) is -2.87. The quantitative estimate of drug-likeness (QED) is 0.572. The Morgan fingerprint density at radius 2 is 2.00 bits per heavy atom. The highest BCUT2D eigenvalue weighted by Gasteiger charge is 2.51. The molecular formula is C5H9ClO2S. The number of rotatable bonds is 2. The smallest absolute Gasteiger partial charge is 0.154 e. The highest BCUT2D eigenvalue weighted by atomic mass is 35.5. The van der Waals surface area contributed by atoms with Crippen molar-refractivity contribution in [2.75, 3.05) is 12.1 Å². The van der Waals surface area contributed by atoms with Crippen LogP contribution in [0.5, 0.6) is 0 Å². The van der Waals surface area contributed by atoms with Crippen LogP contribution in [-0.2, 0) is 9.84 Å². The third-order valence-electron chi connectivity index (χ3n) is 1.84. The molecule has 4 heteroatoms. The summed E-state index contributed by atoms with van der Waals surface area (Å²) in [6, 6.07) is 0. The van der Waals surface area contributed by atoms with Crippen molar-refractivity contribution in [1.82, 2.24) is 0 Å². The zero-order valence-corrected chi connectivity index (χ0v) is 6.80. The first kappa shape index (κ1) is 7.35. The first-order valence-corrected chi connectivity index (χ1v) is 5.20. The van der Waals surface area contributed by atoms with Crippen molar-refractivity contribution in [2.45, 2.75) is 17.6 Å². The Hall–Kier alpha value is 0.240. The van der Waals surface area contributed by atoms with Crippen LogP contribution in [0.4, 0.5) is 0 Å². The number of hydrogen-bond donors (Lipinski definition) is 0. The standard InChI is InChI=1S/C5H9ClO2S/c1-9(7,8)5(4-6)2-3-5/h2-4H2,1H3. The molecule has 0 N–H and O–H groups in total. The molecule has 0 aromatic carbocycles. The van der Waals surface area contributed by atoms with Crippen LogP contribution in [0.25, 0.3) is 0 Å². The van der Waals surface area contributed by atoms with Gasteiger partial charge in [0.15, 0.2) is 9.84 Å². The normalized spacial score (nSPS) is 23.8. The summed E-state index contributed by atoms with van der Waals surface area (Å²) in [6.45, 7) is 0. The summed E-state index contributed by atoms with van der Waals surface area (Å²) in [6.07, 6.45) is 2.74. The van der Waals surface area contributed by atoms with Crippen LogP contribution in [0.3, 0.4) is 0 Å². The Kier molecular flexibility index (Phi) is 1.52. The predicted octanol–water partition coefficient (Wildman–Crippen LogP) is 0.802. The van der Waals surface area contributed by atoms with Crippen LogP contribution < -0.4 is 0 Å². The molecule has 1 rings (SSSR count). The summed E-state index contributed by atoms with van der Waals surface area (Å²) in [5.41, 5.74) is 0. The van der Waals surface area contributed by atoms with E-state index in [-0.39, 0.29) is 5.88 Å². The van der Waals surface area contributed by atoms with Crippen LogP contribution in [0.2, 0.25) is 0 Å². The van der Waals surface area contributed by atoms with E-state index in [9.17, 15) is 8.42 Å². The fourth-order valence-electron chi connectivity index (χ4n) is 0.743. The van der Waals surface area contributed by atoms with E-state index < -0.39 is 14.6 Å². The topological polar surface area (TPSA) is 34.1 Å². The second-order valence-corrected chi connectivity index (χ2v) is 5.27. The molecular weight excluding hydrogens is 160 g/mol. The number of alkyl halides is 1. The van der Waals surface area contributed by atoms with Crippen LogP contribution in [0.1, 0.15) is 12.8 Å². The molecule has 1 fully saturated rings. The third kappa shape index (κ3) is 1.08. The number of sulfone groups is 1. The van der Waals surface area contributed by atoms with Gasteiger partial charge in [-0.1, -0.05) is 0 Å². The first-order valence-electron chi connectivity index (χ1n) is 2.77. The monoisotopic (exact) mass is 168 g/mol. The molecule has 0 aromatic rings. The van der Waals surface area contributed by atoms with Crippen molar-refractivity contribution in [1.29, 1.82) is 0 Å². The Morgan fingerprint density at radius 1 is 1.56 bits per heavy atom. The molecule has 0 aromatic heterocycles. The van der Waals surface area contributed by atoms with Crippen molar-refractivity contribution in [2.24, 2.45) is 0 Å². The van der Waals surface area contributed by atoms with Gasteiger partial charge in [-0.2, -0.15) is 0 Å². The van der Waals surface area contributed by atoms with Gasteiger partial charge in [0.25, 0.3) is 0 Å². The maximum atomic E-state index is 10.9. The van der Waals surface area contributed by atoms with E-state index >= 15 is 0 Å². The molecule has 0 radical (unpaired) electrons. The van der Waals surface area contributed by atoms with Crippen molar-refractivity contribution in [3.8, 4) is 0 Å². The lowest BCUT2D eigenvalue weighted by molar-refractivity contribution is 0.589. The maximum Gasteiger partial charge on any atom is 0.154 e. The summed E-state index contributed by atoms with van der Waals surface area (Å²) >= 11 is 5.46. The van der Waals surface area contributed by atoms with Crippen molar-refractivity contribution < 1.29 is 8.42 Å². The molecule has 0 spiro atoms. The van der Waals surface area contributed by atoms with Crippen LogP contribution >= 0.6 is 11.6 Å². The zero-order chi connectivity index (χ0) is 7.12. The average molecular weight is 169 g/mol. The highest BCUT2D eigenvalue weighted by Crippen LogP contribution is 2.43. The molecule has 0 amide bonds. The summed E-state index contributed by atoms with van der Waals surface area (Å²) < 4.78 is 21.2. The van der Waals surface area contributed by atoms with Gasteiger partial charge in [-0.15, -0.1) is 11.6 Å². The molecule has 1 aliphatic rings. The fourth-order valence-corrected chi connectivity index (χ4v) is 2.65. The van der Waals surface area contributed by atoms with Gasteiger partial charge in [-0.25, -0.2) is 8.42 Å². The molecule has 0 unspecified atom stereocenters. The van der Waals surface area contributed by atoms with E-state index in [1.807, 2.05) is 0 Å².